The molecule has 0 spiro atoms. The maximum absolute atomic E-state index is 4.44. The van der Waals surface area contributed by atoms with Crippen LogP contribution in [0.2, 0.25) is 72.5 Å². The molecule has 0 nitrogen and oxygen atoms in total. The predicted molar refractivity (Wildman–Crippen MR) is 209 cm³/mol. The van der Waals surface area contributed by atoms with E-state index in [4.69, 9.17) is 0 Å². The molecule has 0 saturated heterocycles. The maximum atomic E-state index is 4.44. The van der Waals surface area contributed by atoms with Gasteiger partial charge in [0.25, 0.3) is 0 Å². The third-order valence-electron chi connectivity index (χ3n) is 9.60. The summed E-state index contributed by atoms with van der Waals surface area (Å²) in [5.41, 5.74) is 0. The molecule has 0 aromatic carbocycles. The van der Waals surface area contributed by atoms with Crippen LogP contribution < -0.4 is 0 Å². The Morgan fingerprint density at radius 3 is 0.415 bits per heavy atom. The first-order chi connectivity index (χ1) is 19.7. The summed E-state index contributed by atoms with van der Waals surface area (Å²) >= 11 is 0. The summed E-state index contributed by atoms with van der Waals surface area (Å²) in [6.45, 7) is 44.4. The minimum absolute atomic E-state index is 1.09. The van der Waals surface area contributed by atoms with E-state index in [0.717, 1.165) is 72.5 Å². The van der Waals surface area contributed by atoms with E-state index in [1.165, 1.54) is 0 Å². The summed E-state index contributed by atoms with van der Waals surface area (Å²) in [4.78, 5) is 0. The molecule has 0 aliphatic heterocycles. The molecule has 0 amide bonds. The van der Waals surface area contributed by atoms with E-state index in [-0.39, 0.29) is 0 Å². The standard InChI is InChI=1S/C36H60GeSi4/c1-13-25-38(26-14-2,27-15-3)37(39(28-16-4,29-17-5)30-18-6,40(31-19-7,32-20-8)33-21-9)41(34-22-10,35-23-11)36-24-12/h13-24H,1-12,25-36H2. The van der Waals surface area contributed by atoms with Gasteiger partial charge in [0, 0.05) is 0 Å². The van der Waals surface area contributed by atoms with Crippen molar-refractivity contribution in [3.63, 3.8) is 0 Å². The molecule has 0 aromatic heterocycles. The topological polar surface area (TPSA) is 0 Å². The molecule has 41 heavy (non-hydrogen) atoms. The van der Waals surface area contributed by atoms with E-state index in [9.17, 15) is 0 Å². The monoisotopic (exact) mass is 678 g/mol. The number of hydrogen-bond donors (Lipinski definition) is 0. The first-order valence-electron chi connectivity index (χ1n) is 15.0. The molecular weight excluding hydrogens is 617 g/mol. The second-order valence-electron chi connectivity index (χ2n) is 11.8. The molecule has 0 bridgehead atoms. The summed E-state index contributed by atoms with van der Waals surface area (Å²) < 4.78 is 0. The molecular formula is C36H60GeSi4. The van der Waals surface area contributed by atoms with E-state index >= 15 is 0 Å². The SMILES string of the molecule is C=CC[Si](CC=C)(CC=C)[Ge]([Si](CC=C)(CC=C)CC=C)([Si](CC=C)(CC=C)CC=C)[Si](CC=C)(CC=C)CC=C. The van der Waals surface area contributed by atoms with Crippen LogP contribution in [-0.2, 0) is 0 Å². The molecule has 0 heterocycles. The number of rotatable bonds is 28. The molecule has 0 radical (unpaired) electrons. The van der Waals surface area contributed by atoms with Crippen molar-refractivity contribution in [2.24, 2.45) is 0 Å². The third kappa shape index (κ3) is 7.45. The second kappa shape index (κ2) is 19.5. The van der Waals surface area contributed by atoms with Crippen LogP contribution in [0.4, 0.5) is 0 Å². The van der Waals surface area contributed by atoms with Crippen molar-refractivity contribution in [1.82, 2.24) is 0 Å². The van der Waals surface area contributed by atoms with E-state index < -0.39 is 37.0 Å². The van der Waals surface area contributed by atoms with Gasteiger partial charge in [-0.15, -0.1) is 0 Å². The summed E-state index contributed by atoms with van der Waals surface area (Å²) in [6.07, 6.45) is 27.1. The molecule has 0 aromatic rings. The van der Waals surface area contributed by atoms with Crippen LogP contribution in [0, 0.1) is 0 Å². The Morgan fingerprint density at radius 2 is 0.341 bits per heavy atom. The first kappa shape index (κ1) is 39.3. The Hall–Kier alpha value is -1.71. The Kier molecular flexibility index (Phi) is 18.7. The molecule has 0 unspecified atom stereocenters. The minimum atomic E-state index is -3.35. The van der Waals surface area contributed by atoms with Crippen LogP contribution in [0.1, 0.15) is 0 Å². The summed E-state index contributed by atoms with van der Waals surface area (Å²) in [7, 11) is -3.35. The Balaban J connectivity index is 9.70. The van der Waals surface area contributed by atoms with E-state index in [0.29, 0.717) is 0 Å². The Morgan fingerprint density at radius 1 is 0.244 bits per heavy atom. The van der Waals surface area contributed by atoms with Gasteiger partial charge in [0.15, 0.2) is 0 Å². The molecule has 0 aliphatic rings. The van der Waals surface area contributed by atoms with Crippen molar-refractivity contribution < 1.29 is 0 Å². The molecule has 0 saturated carbocycles. The Labute approximate surface area is 260 Å². The van der Waals surface area contributed by atoms with Gasteiger partial charge < -0.3 is 0 Å². The third-order valence-corrected chi connectivity index (χ3v) is 183. The van der Waals surface area contributed by atoms with Crippen LogP contribution in [0.5, 0.6) is 0 Å². The zero-order valence-corrected chi connectivity index (χ0v) is 32.5. The van der Waals surface area contributed by atoms with Gasteiger partial charge in [0.05, 0.1) is 0 Å². The fourth-order valence-corrected chi connectivity index (χ4v) is 268. The zero-order chi connectivity index (χ0) is 31.5. The van der Waals surface area contributed by atoms with Gasteiger partial charge in [-0.3, -0.25) is 0 Å². The van der Waals surface area contributed by atoms with E-state index in [1.54, 1.807) is 0 Å². The van der Waals surface area contributed by atoms with Gasteiger partial charge in [-0.2, -0.15) is 0 Å². The van der Waals surface area contributed by atoms with Crippen LogP contribution in [0.3, 0.4) is 0 Å². The molecule has 5 heteroatoms. The fourth-order valence-electron chi connectivity index (χ4n) is 9.53. The summed E-state index contributed by atoms with van der Waals surface area (Å²) in [5.74, 6) is 0. The van der Waals surface area contributed by atoms with Crippen molar-refractivity contribution in [2.45, 2.75) is 72.5 Å². The fraction of sp³-hybridized carbons (Fsp3) is 0.333. The zero-order valence-electron chi connectivity index (χ0n) is 26.4. The first-order valence-corrected chi connectivity index (χ1v) is 38.1. The quantitative estimate of drug-likeness (QED) is 0.0571. The van der Waals surface area contributed by atoms with Crippen LogP contribution >= 0.6 is 0 Å². The molecule has 0 fully saturated rings. The van der Waals surface area contributed by atoms with Crippen molar-refractivity contribution in [1.29, 1.82) is 0 Å². The molecule has 0 aliphatic carbocycles. The summed E-state index contributed by atoms with van der Waals surface area (Å²) in [6, 6.07) is 13.1. The average Bonchev–Trinajstić information content (AvgIpc) is 2.91. The normalized spacial score (nSPS) is 12.3. The van der Waals surface area contributed by atoms with Crippen LogP contribution in [0.15, 0.2) is 152 Å². The average molecular weight is 678 g/mol. The van der Waals surface area contributed by atoms with E-state index in [1.807, 2.05) is 0 Å². The van der Waals surface area contributed by atoms with Crippen molar-refractivity contribution in [2.75, 3.05) is 0 Å². The second-order valence-corrected chi connectivity index (χ2v) is 88.0. The van der Waals surface area contributed by atoms with Gasteiger partial charge in [0.1, 0.15) is 0 Å². The predicted octanol–water partition coefficient (Wildman–Crippen LogP) is 11.8. The molecule has 0 rings (SSSR count). The number of allylic oxidation sites excluding steroid dienone is 12. The summed E-state index contributed by atoms with van der Waals surface area (Å²) in [5, 5.41) is 0. The molecule has 224 valence electrons. The van der Waals surface area contributed by atoms with Gasteiger partial charge in [-0.05, 0) is 0 Å². The van der Waals surface area contributed by atoms with Crippen molar-refractivity contribution in [3.8, 4) is 0 Å². The van der Waals surface area contributed by atoms with Gasteiger partial charge in [0.2, 0.25) is 0 Å². The van der Waals surface area contributed by atoms with Gasteiger partial charge in [-0.1, -0.05) is 0 Å². The molecule has 0 N–H and O–H groups in total. The van der Waals surface area contributed by atoms with Crippen molar-refractivity contribution in [3.05, 3.63) is 152 Å². The van der Waals surface area contributed by atoms with Gasteiger partial charge in [-0.25, -0.2) is 0 Å². The Bertz CT molecular complexity index is 708. The van der Waals surface area contributed by atoms with Crippen molar-refractivity contribution >= 4 is 37.0 Å². The van der Waals surface area contributed by atoms with Crippen LogP contribution in [-0.4, -0.2) is 37.0 Å². The number of hydrogen-bond acceptors (Lipinski definition) is 0. The van der Waals surface area contributed by atoms with Crippen LogP contribution in [0.25, 0.3) is 0 Å². The van der Waals surface area contributed by atoms with E-state index in [2.05, 4.69) is 152 Å². The molecule has 0 atom stereocenters. The van der Waals surface area contributed by atoms with Gasteiger partial charge >= 0.3 is 261 Å².